The summed E-state index contributed by atoms with van der Waals surface area (Å²) in [5.41, 5.74) is 0.462. The molecule has 9 heteroatoms. The highest BCUT2D eigenvalue weighted by atomic mass is 32.2. The van der Waals surface area contributed by atoms with E-state index in [1.165, 1.54) is 22.7 Å². The van der Waals surface area contributed by atoms with E-state index in [4.69, 9.17) is 4.52 Å². The first kappa shape index (κ1) is 13.9. The van der Waals surface area contributed by atoms with Crippen LogP contribution in [-0.2, 0) is 10.0 Å². The Balaban J connectivity index is 1.65. The third-order valence-corrected chi connectivity index (χ3v) is 6.91. The fourth-order valence-electron chi connectivity index (χ4n) is 2.00. The Kier molecular flexibility index (Phi) is 3.28. The average molecular weight is 353 g/mol. The van der Waals surface area contributed by atoms with Crippen molar-refractivity contribution in [3.63, 3.8) is 0 Å². The smallest absolute Gasteiger partial charge is 0.271 e. The maximum atomic E-state index is 12.3. The third kappa shape index (κ3) is 2.55. The van der Waals surface area contributed by atoms with Gasteiger partial charge in [0.15, 0.2) is 5.82 Å². The van der Waals surface area contributed by atoms with Gasteiger partial charge in [-0.05, 0) is 35.7 Å². The Morgan fingerprint density at radius 3 is 2.82 bits per heavy atom. The molecule has 1 fully saturated rings. The summed E-state index contributed by atoms with van der Waals surface area (Å²) in [4.78, 5) is 5.01. The summed E-state index contributed by atoms with van der Waals surface area (Å²) >= 11 is 2.54. The van der Waals surface area contributed by atoms with Crippen LogP contribution in [0.2, 0.25) is 0 Å². The molecular formula is C13H11N3O3S3. The number of hydrogen-bond donors (Lipinski definition) is 1. The van der Waals surface area contributed by atoms with Crippen molar-refractivity contribution in [1.82, 2.24) is 10.1 Å². The molecule has 0 unspecified atom stereocenters. The number of rotatable bonds is 5. The van der Waals surface area contributed by atoms with Gasteiger partial charge >= 0.3 is 0 Å². The molecule has 0 aromatic carbocycles. The molecule has 0 saturated heterocycles. The van der Waals surface area contributed by atoms with Crippen LogP contribution in [0.4, 0.5) is 5.69 Å². The van der Waals surface area contributed by atoms with Gasteiger partial charge < -0.3 is 4.52 Å². The van der Waals surface area contributed by atoms with Crippen LogP contribution in [0.1, 0.15) is 24.6 Å². The van der Waals surface area contributed by atoms with E-state index < -0.39 is 10.0 Å². The Morgan fingerprint density at radius 1 is 1.23 bits per heavy atom. The number of sulfonamides is 1. The summed E-state index contributed by atoms with van der Waals surface area (Å²) in [6, 6.07) is 4.97. The number of anilines is 1. The van der Waals surface area contributed by atoms with Gasteiger partial charge in [0, 0.05) is 5.92 Å². The largest absolute Gasteiger partial charge is 0.333 e. The molecule has 3 aromatic heterocycles. The molecule has 1 saturated carbocycles. The fraction of sp³-hybridized carbons (Fsp3) is 0.231. The lowest BCUT2D eigenvalue weighted by Crippen LogP contribution is -2.11. The van der Waals surface area contributed by atoms with Crippen molar-refractivity contribution >= 4 is 38.4 Å². The van der Waals surface area contributed by atoms with Gasteiger partial charge in [-0.3, -0.25) is 4.72 Å². The molecule has 1 N–H and O–H groups in total. The molecule has 4 rings (SSSR count). The van der Waals surface area contributed by atoms with E-state index in [1.807, 2.05) is 0 Å². The van der Waals surface area contributed by atoms with Crippen LogP contribution in [0.15, 0.2) is 37.7 Å². The second-order valence-corrected chi connectivity index (χ2v) is 8.71. The highest BCUT2D eigenvalue weighted by molar-refractivity contribution is 7.94. The molecule has 0 radical (unpaired) electrons. The zero-order valence-corrected chi connectivity index (χ0v) is 13.7. The van der Waals surface area contributed by atoms with Gasteiger partial charge in [0.05, 0.1) is 5.69 Å². The maximum Gasteiger partial charge on any atom is 0.271 e. The predicted molar refractivity (Wildman–Crippen MR) is 84.7 cm³/mol. The van der Waals surface area contributed by atoms with Crippen molar-refractivity contribution in [2.75, 3.05) is 4.72 Å². The maximum absolute atomic E-state index is 12.3. The number of nitrogens with zero attached hydrogens (tertiary/aromatic N) is 2. The molecule has 3 aromatic rings. The van der Waals surface area contributed by atoms with Crippen LogP contribution in [-0.4, -0.2) is 18.6 Å². The number of hydrogen-bond acceptors (Lipinski definition) is 7. The van der Waals surface area contributed by atoms with Gasteiger partial charge in [0.25, 0.3) is 15.9 Å². The molecule has 6 nitrogen and oxygen atoms in total. The lowest BCUT2D eigenvalue weighted by molar-refractivity contribution is 0.423. The SMILES string of the molecule is O=S(=O)(Nc1ccsc1-c1nc(C2CC2)no1)c1cccs1. The van der Waals surface area contributed by atoms with Crippen LogP contribution in [0.25, 0.3) is 10.8 Å². The van der Waals surface area contributed by atoms with Crippen molar-refractivity contribution in [2.24, 2.45) is 0 Å². The topological polar surface area (TPSA) is 85.1 Å². The molecule has 0 atom stereocenters. The first-order chi connectivity index (χ1) is 10.6. The monoisotopic (exact) mass is 353 g/mol. The van der Waals surface area contributed by atoms with Crippen LogP contribution in [0, 0.1) is 0 Å². The summed E-state index contributed by atoms with van der Waals surface area (Å²) in [5, 5.41) is 7.49. The summed E-state index contributed by atoms with van der Waals surface area (Å²) in [7, 11) is -3.58. The van der Waals surface area contributed by atoms with Gasteiger partial charge in [-0.1, -0.05) is 11.2 Å². The van der Waals surface area contributed by atoms with Crippen molar-refractivity contribution in [2.45, 2.75) is 23.0 Å². The highest BCUT2D eigenvalue weighted by Crippen LogP contribution is 2.40. The summed E-state index contributed by atoms with van der Waals surface area (Å²) < 4.78 is 32.7. The van der Waals surface area contributed by atoms with Gasteiger partial charge in [-0.15, -0.1) is 22.7 Å². The van der Waals surface area contributed by atoms with Crippen LogP contribution < -0.4 is 4.72 Å². The van der Waals surface area contributed by atoms with Crippen molar-refractivity contribution in [3.8, 4) is 10.8 Å². The minimum atomic E-state index is -3.58. The fourth-order valence-corrected chi connectivity index (χ4v) is 4.90. The first-order valence-corrected chi connectivity index (χ1v) is 9.85. The van der Waals surface area contributed by atoms with Crippen molar-refractivity contribution < 1.29 is 12.9 Å². The Hall–Kier alpha value is -1.71. The Labute approximate surface area is 134 Å². The van der Waals surface area contributed by atoms with E-state index in [0.717, 1.165) is 12.8 Å². The molecule has 22 heavy (non-hydrogen) atoms. The van der Waals surface area contributed by atoms with Crippen LogP contribution >= 0.6 is 22.7 Å². The second kappa shape index (κ2) is 5.18. The number of thiophene rings is 2. The Bertz CT molecular complexity index is 892. The second-order valence-electron chi connectivity index (χ2n) is 4.93. The molecule has 0 bridgehead atoms. The standard InChI is InChI=1S/C13H11N3O3S3/c17-22(18,10-2-1-6-20-10)16-9-5-7-21-11(9)13-14-12(15-19-13)8-3-4-8/h1-2,5-8,16H,3-4H2. The van der Waals surface area contributed by atoms with Gasteiger partial charge in [-0.2, -0.15) is 4.98 Å². The van der Waals surface area contributed by atoms with Crippen molar-refractivity contribution in [1.29, 1.82) is 0 Å². The lowest BCUT2D eigenvalue weighted by atomic mass is 10.4. The third-order valence-electron chi connectivity index (χ3n) is 3.25. The van der Waals surface area contributed by atoms with E-state index in [0.29, 0.717) is 28.2 Å². The zero-order chi connectivity index (χ0) is 15.2. The minimum Gasteiger partial charge on any atom is -0.333 e. The molecule has 1 aliphatic carbocycles. The van der Waals surface area contributed by atoms with Gasteiger partial charge in [0.2, 0.25) is 0 Å². The quantitative estimate of drug-likeness (QED) is 0.758. The summed E-state index contributed by atoms with van der Waals surface area (Å²) in [6.45, 7) is 0. The van der Waals surface area contributed by atoms with E-state index in [1.54, 1.807) is 29.0 Å². The van der Waals surface area contributed by atoms with E-state index >= 15 is 0 Å². The normalized spacial score (nSPS) is 15.1. The van der Waals surface area contributed by atoms with Gasteiger partial charge in [-0.25, -0.2) is 8.42 Å². The number of nitrogens with one attached hydrogen (secondary N) is 1. The highest BCUT2D eigenvalue weighted by Gasteiger charge is 2.30. The molecule has 0 spiro atoms. The zero-order valence-electron chi connectivity index (χ0n) is 11.2. The molecule has 3 heterocycles. The number of aromatic nitrogens is 2. The van der Waals surface area contributed by atoms with E-state index in [-0.39, 0.29) is 4.21 Å². The lowest BCUT2D eigenvalue weighted by Gasteiger charge is -2.05. The first-order valence-electron chi connectivity index (χ1n) is 6.61. The molecule has 0 amide bonds. The summed E-state index contributed by atoms with van der Waals surface area (Å²) in [5.74, 6) is 1.46. The molecule has 114 valence electrons. The minimum absolute atomic E-state index is 0.272. The van der Waals surface area contributed by atoms with Gasteiger partial charge in [0.1, 0.15) is 9.09 Å². The van der Waals surface area contributed by atoms with Crippen LogP contribution in [0.5, 0.6) is 0 Å². The van der Waals surface area contributed by atoms with E-state index in [9.17, 15) is 8.42 Å². The van der Waals surface area contributed by atoms with E-state index in [2.05, 4.69) is 14.9 Å². The Morgan fingerprint density at radius 2 is 2.09 bits per heavy atom. The molecule has 0 aliphatic heterocycles. The molecule has 1 aliphatic rings. The predicted octanol–water partition coefficient (Wildman–Crippen LogP) is 3.54. The van der Waals surface area contributed by atoms with Crippen molar-refractivity contribution in [3.05, 3.63) is 34.8 Å². The molecular weight excluding hydrogens is 342 g/mol. The average Bonchev–Trinajstić information content (AvgIpc) is 2.96. The summed E-state index contributed by atoms with van der Waals surface area (Å²) in [6.07, 6.45) is 2.17. The van der Waals surface area contributed by atoms with Crippen LogP contribution in [0.3, 0.4) is 0 Å².